The Bertz CT molecular complexity index is 1270. The topological polar surface area (TPSA) is 86.5 Å². The number of pyridine rings is 1. The van der Waals surface area contributed by atoms with Gasteiger partial charge in [0, 0.05) is 23.7 Å². The first-order valence-corrected chi connectivity index (χ1v) is 9.77. The van der Waals surface area contributed by atoms with E-state index in [4.69, 9.17) is 9.51 Å². The normalized spacial score (nSPS) is 10.7. The van der Waals surface area contributed by atoms with Crippen LogP contribution in [0.15, 0.2) is 53.2 Å². The van der Waals surface area contributed by atoms with Gasteiger partial charge in [-0.1, -0.05) is 48.5 Å². The molecule has 0 saturated carbocycles. The summed E-state index contributed by atoms with van der Waals surface area (Å²) >= 11 is 0. The predicted molar refractivity (Wildman–Crippen MR) is 114 cm³/mol. The Kier molecular flexibility index (Phi) is 5.31. The van der Waals surface area contributed by atoms with Crippen molar-refractivity contribution in [3.8, 4) is 34.6 Å². The molecule has 0 radical (unpaired) electrons. The molecule has 0 aliphatic heterocycles. The summed E-state index contributed by atoms with van der Waals surface area (Å²) in [6, 6.07) is 13.3. The average molecular weight is 400 g/mol. The minimum Gasteiger partial charge on any atom is -0.347 e. The SMILES string of the molecule is CCCCC#Cc1ccc(-c2nc3ccccn3c2-c2onc(C)c2[N+](=O)[O-])cc1. The number of rotatable bonds is 5. The van der Waals surface area contributed by atoms with E-state index in [0.29, 0.717) is 17.0 Å². The highest BCUT2D eigenvalue weighted by Crippen LogP contribution is 2.39. The third-order valence-electron chi connectivity index (χ3n) is 4.81. The number of aromatic nitrogens is 3. The van der Waals surface area contributed by atoms with Gasteiger partial charge in [0.1, 0.15) is 17.0 Å². The van der Waals surface area contributed by atoms with Crippen molar-refractivity contribution in [2.45, 2.75) is 33.1 Å². The number of hydrogen-bond donors (Lipinski definition) is 0. The summed E-state index contributed by atoms with van der Waals surface area (Å²) in [6.45, 7) is 3.70. The maximum absolute atomic E-state index is 11.6. The van der Waals surface area contributed by atoms with Crippen LogP contribution in [0, 0.1) is 28.9 Å². The summed E-state index contributed by atoms with van der Waals surface area (Å²) in [5, 5.41) is 15.5. The minimum absolute atomic E-state index is 0.0923. The molecule has 7 nitrogen and oxygen atoms in total. The fourth-order valence-corrected chi connectivity index (χ4v) is 3.29. The lowest BCUT2D eigenvalue weighted by Crippen LogP contribution is -1.94. The molecule has 1 aromatic carbocycles. The van der Waals surface area contributed by atoms with Crippen LogP contribution in [0.5, 0.6) is 0 Å². The highest BCUT2D eigenvalue weighted by Gasteiger charge is 2.31. The zero-order chi connectivity index (χ0) is 21.1. The lowest BCUT2D eigenvalue weighted by atomic mass is 10.1. The zero-order valence-corrected chi connectivity index (χ0v) is 16.8. The third kappa shape index (κ3) is 3.55. The number of benzene rings is 1. The van der Waals surface area contributed by atoms with Crippen molar-refractivity contribution >= 4 is 11.3 Å². The molecule has 0 aliphatic carbocycles. The molecule has 0 bridgehead atoms. The first kappa shape index (κ1) is 19.4. The van der Waals surface area contributed by atoms with E-state index < -0.39 is 4.92 Å². The molecular weight excluding hydrogens is 380 g/mol. The summed E-state index contributed by atoms with van der Waals surface area (Å²) < 4.78 is 7.17. The van der Waals surface area contributed by atoms with Crippen molar-refractivity contribution in [1.82, 2.24) is 14.5 Å². The summed E-state index contributed by atoms with van der Waals surface area (Å²) in [5.74, 6) is 6.43. The first-order chi connectivity index (χ1) is 14.6. The maximum Gasteiger partial charge on any atom is 0.340 e. The van der Waals surface area contributed by atoms with E-state index in [1.54, 1.807) is 17.5 Å². The van der Waals surface area contributed by atoms with Gasteiger partial charge in [0.15, 0.2) is 5.69 Å². The van der Waals surface area contributed by atoms with Crippen LogP contribution in [0.1, 0.15) is 37.4 Å². The minimum atomic E-state index is -0.470. The Hall–Kier alpha value is -3.92. The number of nitrogens with zero attached hydrogens (tertiary/aromatic N) is 4. The lowest BCUT2D eigenvalue weighted by Gasteiger charge is -2.02. The lowest BCUT2D eigenvalue weighted by molar-refractivity contribution is -0.385. The average Bonchev–Trinajstić information content (AvgIpc) is 3.32. The summed E-state index contributed by atoms with van der Waals surface area (Å²) in [4.78, 5) is 15.9. The van der Waals surface area contributed by atoms with Crippen LogP contribution >= 0.6 is 0 Å². The molecule has 150 valence electrons. The van der Waals surface area contributed by atoms with Gasteiger partial charge >= 0.3 is 5.69 Å². The largest absolute Gasteiger partial charge is 0.347 e. The van der Waals surface area contributed by atoms with E-state index in [1.165, 1.54) is 0 Å². The molecule has 0 aliphatic rings. The zero-order valence-electron chi connectivity index (χ0n) is 16.8. The molecular formula is C23H20N4O3. The van der Waals surface area contributed by atoms with Crippen molar-refractivity contribution in [2.24, 2.45) is 0 Å². The predicted octanol–water partition coefficient (Wildman–Crippen LogP) is 5.41. The number of fused-ring (bicyclic) bond motifs is 1. The van der Waals surface area contributed by atoms with Crippen LogP contribution in [0.4, 0.5) is 5.69 Å². The van der Waals surface area contributed by atoms with Crippen LogP contribution in [-0.2, 0) is 0 Å². The molecule has 0 unspecified atom stereocenters. The number of imidazole rings is 1. The van der Waals surface area contributed by atoms with Crippen molar-refractivity contribution in [3.05, 3.63) is 70.0 Å². The van der Waals surface area contributed by atoms with Crippen molar-refractivity contribution < 1.29 is 9.45 Å². The third-order valence-corrected chi connectivity index (χ3v) is 4.81. The molecule has 0 spiro atoms. The molecule has 3 heterocycles. The van der Waals surface area contributed by atoms with Crippen molar-refractivity contribution in [3.63, 3.8) is 0 Å². The second-order valence-electron chi connectivity index (χ2n) is 6.92. The van der Waals surface area contributed by atoms with E-state index in [9.17, 15) is 10.1 Å². The number of hydrogen-bond acceptors (Lipinski definition) is 5. The fraction of sp³-hybridized carbons (Fsp3) is 0.217. The molecule has 30 heavy (non-hydrogen) atoms. The Morgan fingerprint density at radius 2 is 2.00 bits per heavy atom. The second-order valence-corrected chi connectivity index (χ2v) is 6.92. The van der Waals surface area contributed by atoms with Gasteiger partial charge in [0.2, 0.25) is 0 Å². The quantitative estimate of drug-likeness (QED) is 0.193. The molecule has 0 atom stereocenters. The Morgan fingerprint density at radius 1 is 1.20 bits per heavy atom. The van der Waals surface area contributed by atoms with Gasteiger partial charge in [0.05, 0.1) is 4.92 Å². The number of nitro groups is 1. The molecule has 0 amide bonds. The van der Waals surface area contributed by atoms with Crippen LogP contribution in [0.2, 0.25) is 0 Å². The van der Waals surface area contributed by atoms with Crippen LogP contribution in [0.25, 0.3) is 28.4 Å². The molecule has 4 aromatic rings. The van der Waals surface area contributed by atoms with Crippen molar-refractivity contribution in [1.29, 1.82) is 0 Å². The molecule has 0 fully saturated rings. The highest BCUT2D eigenvalue weighted by molar-refractivity contribution is 5.83. The van der Waals surface area contributed by atoms with E-state index in [-0.39, 0.29) is 17.1 Å². The van der Waals surface area contributed by atoms with E-state index in [0.717, 1.165) is 30.4 Å². The van der Waals surface area contributed by atoms with Gasteiger partial charge in [-0.2, -0.15) is 0 Å². The summed E-state index contributed by atoms with van der Waals surface area (Å²) in [5.41, 5.74) is 3.56. The smallest absolute Gasteiger partial charge is 0.340 e. The summed E-state index contributed by atoms with van der Waals surface area (Å²) in [7, 11) is 0. The Balaban J connectivity index is 1.84. The van der Waals surface area contributed by atoms with Crippen LogP contribution < -0.4 is 0 Å². The Morgan fingerprint density at radius 3 is 2.73 bits per heavy atom. The standard InChI is InChI=1S/C23H20N4O3/c1-3-4-5-6-9-17-11-13-18(14-12-17)20-22(26-15-8-7-10-19(26)24-20)23-21(27(28)29)16(2)25-30-23/h7-8,10-15H,3-5H2,1-2H3. The monoisotopic (exact) mass is 400 g/mol. The van der Waals surface area contributed by atoms with Gasteiger partial charge in [-0.15, -0.1) is 0 Å². The van der Waals surface area contributed by atoms with Crippen LogP contribution in [-0.4, -0.2) is 19.5 Å². The first-order valence-electron chi connectivity index (χ1n) is 9.77. The fourth-order valence-electron chi connectivity index (χ4n) is 3.29. The molecule has 7 heteroatoms. The maximum atomic E-state index is 11.6. The van der Waals surface area contributed by atoms with Crippen LogP contribution in [0.3, 0.4) is 0 Å². The highest BCUT2D eigenvalue weighted by atomic mass is 16.6. The van der Waals surface area contributed by atoms with Gasteiger partial charge in [-0.3, -0.25) is 14.5 Å². The van der Waals surface area contributed by atoms with Crippen molar-refractivity contribution in [2.75, 3.05) is 0 Å². The number of unbranched alkanes of at least 4 members (excludes halogenated alkanes) is 2. The molecule has 0 saturated heterocycles. The van der Waals surface area contributed by atoms with E-state index in [1.807, 2.05) is 42.5 Å². The second kappa shape index (κ2) is 8.21. The van der Waals surface area contributed by atoms with Gasteiger partial charge in [0.25, 0.3) is 5.76 Å². The Labute approximate surface area is 173 Å². The van der Waals surface area contributed by atoms with E-state index >= 15 is 0 Å². The van der Waals surface area contributed by atoms with E-state index in [2.05, 4.69) is 23.9 Å². The molecule has 4 rings (SSSR count). The number of aryl methyl sites for hydroxylation is 1. The summed E-state index contributed by atoms with van der Waals surface area (Å²) in [6.07, 6.45) is 4.89. The molecule has 0 N–H and O–H groups in total. The van der Waals surface area contributed by atoms with Gasteiger partial charge in [-0.05, 0) is 37.6 Å². The van der Waals surface area contributed by atoms with Gasteiger partial charge < -0.3 is 4.52 Å². The van der Waals surface area contributed by atoms with Gasteiger partial charge in [-0.25, -0.2) is 4.98 Å². The molecule has 3 aromatic heterocycles.